The third-order valence-electron chi connectivity index (χ3n) is 5.77. The Hall–Kier alpha value is -0.870. The second kappa shape index (κ2) is 7.63. The highest BCUT2D eigenvalue weighted by atomic mass is 127. The van der Waals surface area contributed by atoms with Gasteiger partial charge >= 0.3 is 0 Å². The first-order valence-electron chi connectivity index (χ1n) is 8.86. The lowest BCUT2D eigenvalue weighted by atomic mass is 9.82. The molecule has 0 aliphatic carbocycles. The summed E-state index contributed by atoms with van der Waals surface area (Å²) in [5.41, 5.74) is 1.04. The maximum Gasteiger partial charge on any atom is 0.193 e. The molecule has 3 aliphatic rings. The van der Waals surface area contributed by atoms with E-state index in [1.807, 2.05) is 19.2 Å². The Morgan fingerprint density at radius 3 is 2.27 bits per heavy atom. The number of ether oxygens (including phenoxy) is 1. The van der Waals surface area contributed by atoms with Crippen molar-refractivity contribution in [2.75, 3.05) is 26.4 Å². The van der Waals surface area contributed by atoms with Crippen LogP contribution in [0.5, 0.6) is 0 Å². The van der Waals surface area contributed by atoms with Crippen molar-refractivity contribution < 1.29 is 13.2 Å². The summed E-state index contributed by atoms with van der Waals surface area (Å²) in [4.78, 5) is 7.13. The van der Waals surface area contributed by atoms with Crippen LogP contribution < -0.4 is 5.32 Å². The lowest BCUT2D eigenvalue weighted by Crippen LogP contribution is -2.40. The van der Waals surface area contributed by atoms with Crippen molar-refractivity contribution in [1.29, 1.82) is 0 Å². The van der Waals surface area contributed by atoms with E-state index in [9.17, 15) is 8.42 Å². The first-order valence-corrected chi connectivity index (χ1v) is 10.7. The van der Waals surface area contributed by atoms with E-state index in [1.165, 1.54) is 19.1 Å². The summed E-state index contributed by atoms with van der Waals surface area (Å²) in [6.07, 6.45) is 4.53. The average Bonchev–Trinajstić information content (AvgIpc) is 3.28. The highest BCUT2D eigenvalue weighted by molar-refractivity contribution is 14.0. The molecule has 1 N–H and O–H groups in total. The summed E-state index contributed by atoms with van der Waals surface area (Å²) in [5, 5.41) is 3.41. The molecule has 4 atom stereocenters. The van der Waals surface area contributed by atoms with Gasteiger partial charge in [0.1, 0.15) is 0 Å². The number of rotatable bonds is 3. The van der Waals surface area contributed by atoms with Crippen LogP contribution in [0, 0.1) is 11.8 Å². The van der Waals surface area contributed by atoms with E-state index >= 15 is 0 Å². The molecule has 2 bridgehead atoms. The molecule has 3 heterocycles. The maximum absolute atomic E-state index is 11.5. The number of nitrogens with one attached hydrogen (secondary N) is 1. The molecule has 0 spiro atoms. The molecule has 0 radical (unpaired) electrons. The molecule has 6 nitrogen and oxygen atoms in total. The Bertz CT molecular complexity index is 763. The van der Waals surface area contributed by atoms with Crippen LogP contribution >= 0.6 is 24.0 Å². The van der Waals surface area contributed by atoms with Crippen molar-refractivity contribution in [2.24, 2.45) is 16.8 Å². The van der Waals surface area contributed by atoms with Crippen LogP contribution in [0.25, 0.3) is 0 Å². The third-order valence-corrected chi connectivity index (χ3v) is 6.89. The van der Waals surface area contributed by atoms with Gasteiger partial charge in [0, 0.05) is 44.8 Å². The second-order valence-electron chi connectivity index (χ2n) is 7.34. The SMILES string of the molecule is CN=C(NCc1ccc(S(C)(=O)=O)cc1)N1CC2C3CCC(O3)C2C1.I. The van der Waals surface area contributed by atoms with Crippen LogP contribution in [0.4, 0.5) is 0 Å². The predicted octanol–water partition coefficient (Wildman–Crippen LogP) is 1.89. The molecule has 4 rings (SSSR count). The average molecular weight is 491 g/mol. The predicted molar refractivity (Wildman–Crippen MR) is 112 cm³/mol. The summed E-state index contributed by atoms with van der Waals surface area (Å²) in [6.45, 7) is 2.66. The molecule has 26 heavy (non-hydrogen) atoms. The van der Waals surface area contributed by atoms with Gasteiger partial charge in [-0.3, -0.25) is 4.99 Å². The van der Waals surface area contributed by atoms with E-state index in [-0.39, 0.29) is 24.0 Å². The van der Waals surface area contributed by atoms with E-state index in [2.05, 4.69) is 15.2 Å². The Morgan fingerprint density at radius 1 is 1.19 bits per heavy atom. The zero-order valence-electron chi connectivity index (χ0n) is 15.1. The van der Waals surface area contributed by atoms with E-state index in [0.717, 1.165) is 24.6 Å². The highest BCUT2D eigenvalue weighted by Crippen LogP contribution is 2.47. The number of guanidine groups is 1. The van der Waals surface area contributed by atoms with Crippen LogP contribution in [-0.4, -0.2) is 57.9 Å². The first kappa shape index (κ1) is 19.9. The number of hydrogen-bond donors (Lipinski definition) is 1. The number of nitrogens with zero attached hydrogens (tertiary/aromatic N) is 2. The van der Waals surface area contributed by atoms with Crippen molar-refractivity contribution in [3.05, 3.63) is 29.8 Å². The minimum absolute atomic E-state index is 0. The molecule has 8 heteroatoms. The molecule has 0 aromatic heterocycles. The Labute approximate surface area is 172 Å². The smallest absolute Gasteiger partial charge is 0.193 e. The molecule has 0 amide bonds. The lowest BCUT2D eigenvalue weighted by molar-refractivity contribution is 0.0767. The summed E-state index contributed by atoms with van der Waals surface area (Å²) < 4.78 is 29.1. The number of fused-ring (bicyclic) bond motifs is 5. The van der Waals surface area contributed by atoms with Gasteiger partial charge in [0.15, 0.2) is 15.8 Å². The fourth-order valence-corrected chi connectivity index (χ4v) is 5.13. The Morgan fingerprint density at radius 2 is 1.77 bits per heavy atom. The second-order valence-corrected chi connectivity index (χ2v) is 9.36. The molecule has 3 aliphatic heterocycles. The zero-order valence-corrected chi connectivity index (χ0v) is 18.2. The van der Waals surface area contributed by atoms with Gasteiger partial charge in [-0.05, 0) is 30.5 Å². The van der Waals surface area contributed by atoms with Gasteiger partial charge < -0.3 is 15.0 Å². The molecular weight excluding hydrogens is 465 g/mol. The van der Waals surface area contributed by atoms with Gasteiger partial charge in [-0.15, -0.1) is 24.0 Å². The number of aliphatic imine (C=N–C) groups is 1. The molecule has 0 saturated carbocycles. The monoisotopic (exact) mass is 491 g/mol. The summed E-state index contributed by atoms with van der Waals surface area (Å²) in [6, 6.07) is 7.02. The van der Waals surface area contributed by atoms with Crippen LogP contribution in [0.15, 0.2) is 34.2 Å². The Balaban J connectivity index is 0.00000196. The zero-order chi connectivity index (χ0) is 17.6. The van der Waals surface area contributed by atoms with Crippen molar-refractivity contribution in [3.63, 3.8) is 0 Å². The largest absolute Gasteiger partial charge is 0.374 e. The standard InChI is InChI=1S/C18H25N3O3S.HI/c1-19-18(20-9-12-3-5-13(6-4-12)25(2,22)23)21-10-14-15(11-21)17-8-7-16(14)24-17;/h3-6,14-17H,7-11H2,1-2H3,(H,19,20);1H. The normalized spacial score (nSPS) is 30.2. The van der Waals surface area contributed by atoms with Gasteiger partial charge in [0.25, 0.3) is 0 Å². The van der Waals surface area contributed by atoms with E-state index in [0.29, 0.717) is 35.5 Å². The van der Waals surface area contributed by atoms with Crippen molar-refractivity contribution in [3.8, 4) is 0 Å². The molecule has 3 saturated heterocycles. The molecule has 144 valence electrons. The molecule has 1 aromatic carbocycles. The fourth-order valence-electron chi connectivity index (χ4n) is 4.50. The molecule has 3 fully saturated rings. The quantitative estimate of drug-likeness (QED) is 0.398. The summed E-state index contributed by atoms with van der Waals surface area (Å²) >= 11 is 0. The van der Waals surface area contributed by atoms with Gasteiger partial charge in [-0.2, -0.15) is 0 Å². The van der Waals surface area contributed by atoms with E-state index in [4.69, 9.17) is 4.74 Å². The Kier molecular flexibility index (Phi) is 5.83. The fraction of sp³-hybridized carbons (Fsp3) is 0.611. The van der Waals surface area contributed by atoms with Crippen molar-refractivity contribution in [1.82, 2.24) is 10.2 Å². The van der Waals surface area contributed by atoms with E-state index < -0.39 is 9.84 Å². The van der Waals surface area contributed by atoms with Gasteiger partial charge in [0.05, 0.1) is 17.1 Å². The summed E-state index contributed by atoms with van der Waals surface area (Å²) in [7, 11) is -1.33. The number of sulfone groups is 1. The summed E-state index contributed by atoms with van der Waals surface area (Å²) in [5.74, 6) is 2.21. The minimum atomic E-state index is -3.15. The maximum atomic E-state index is 11.5. The first-order chi connectivity index (χ1) is 12.0. The van der Waals surface area contributed by atoms with Crippen molar-refractivity contribution in [2.45, 2.75) is 36.5 Å². The van der Waals surface area contributed by atoms with Crippen LogP contribution in [0.1, 0.15) is 18.4 Å². The third kappa shape index (κ3) is 3.73. The van der Waals surface area contributed by atoms with Crippen LogP contribution in [0.3, 0.4) is 0 Å². The van der Waals surface area contributed by atoms with Crippen LogP contribution in [-0.2, 0) is 21.1 Å². The topological polar surface area (TPSA) is 71.0 Å². The number of hydrogen-bond acceptors (Lipinski definition) is 4. The number of benzene rings is 1. The lowest BCUT2D eigenvalue weighted by Gasteiger charge is -2.23. The number of likely N-dealkylation sites (tertiary alicyclic amines) is 1. The highest BCUT2D eigenvalue weighted by Gasteiger charge is 2.53. The minimum Gasteiger partial charge on any atom is -0.374 e. The van der Waals surface area contributed by atoms with Crippen molar-refractivity contribution >= 4 is 39.8 Å². The van der Waals surface area contributed by atoms with Crippen LogP contribution in [0.2, 0.25) is 0 Å². The van der Waals surface area contributed by atoms with Gasteiger partial charge in [-0.1, -0.05) is 12.1 Å². The molecule has 1 aromatic rings. The van der Waals surface area contributed by atoms with E-state index in [1.54, 1.807) is 12.1 Å². The van der Waals surface area contributed by atoms with Gasteiger partial charge in [0.2, 0.25) is 0 Å². The molecular formula is C18H26IN3O3S. The number of halogens is 1. The van der Waals surface area contributed by atoms with Gasteiger partial charge in [-0.25, -0.2) is 8.42 Å². The molecule has 4 unspecified atom stereocenters.